The maximum Gasteiger partial charge on any atom is 0.460 e. The second kappa shape index (κ2) is 26.4. The minimum Gasteiger partial charge on any atom is -0.494 e. The van der Waals surface area contributed by atoms with Crippen molar-refractivity contribution >= 4 is 23.9 Å². The molecule has 398 valence electrons. The van der Waals surface area contributed by atoms with E-state index in [2.05, 4.69) is 4.74 Å². The average molecular weight is 1050 g/mol. The Balaban J connectivity index is 1.60. The van der Waals surface area contributed by atoms with Gasteiger partial charge in [-0.3, -0.25) is 14.4 Å². The smallest absolute Gasteiger partial charge is 0.460 e. The standard InChI is InChI=1S/C47H48F13NO11/c1-3-37(41(65)70-22-19-42(48,49)43(50,51)44(52,53)45(54,55)46(56,57)47(58,59)60)33(27-30(2)39(63)71-26-24-66-23-25-68-34-9-5-4-6-10-34)28-38(62)69-21-8-7-20-67-35-17-13-32(14-18-35)40(64)72-36-15-11-31(29-61)12-16-36/h4-6,9-18,30,33,37H,3,7-8,19-28H2,1-2H3. The zero-order chi connectivity index (χ0) is 54.0. The van der Waals surface area contributed by atoms with Crippen LogP contribution in [0.15, 0.2) is 78.9 Å². The van der Waals surface area contributed by atoms with Crippen molar-refractivity contribution in [3.8, 4) is 23.3 Å². The lowest BCUT2D eigenvalue weighted by atomic mass is 9.81. The molecular formula is C47H48F13NO11. The summed E-state index contributed by atoms with van der Waals surface area (Å²) in [6.07, 6.45) is -11.3. The molecule has 0 amide bonds. The number of nitrogens with zero attached hydrogens (tertiary/aromatic N) is 1. The van der Waals surface area contributed by atoms with Crippen LogP contribution in [0.3, 0.4) is 0 Å². The summed E-state index contributed by atoms with van der Waals surface area (Å²) >= 11 is 0. The molecule has 0 radical (unpaired) electrons. The molecule has 0 spiro atoms. The van der Waals surface area contributed by atoms with E-state index in [0.29, 0.717) is 23.5 Å². The van der Waals surface area contributed by atoms with Gasteiger partial charge in [-0.05, 0) is 92.3 Å². The molecule has 0 aliphatic heterocycles. The van der Waals surface area contributed by atoms with Gasteiger partial charge in [-0.15, -0.1) is 0 Å². The first kappa shape index (κ1) is 60.0. The second-order valence-electron chi connectivity index (χ2n) is 15.8. The Morgan fingerprint density at radius 3 is 1.72 bits per heavy atom. The molecule has 0 fully saturated rings. The molecule has 0 bridgehead atoms. The molecule has 3 unspecified atom stereocenters. The van der Waals surface area contributed by atoms with Gasteiger partial charge in [0, 0.05) is 6.42 Å². The number of ether oxygens (including phenoxy) is 7. The number of hydrogen-bond donors (Lipinski definition) is 0. The van der Waals surface area contributed by atoms with Crippen LogP contribution in [-0.4, -0.2) is 106 Å². The highest BCUT2D eigenvalue weighted by Crippen LogP contribution is 2.60. The van der Waals surface area contributed by atoms with Gasteiger partial charge in [0.1, 0.15) is 30.5 Å². The first-order valence-electron chi connectivity index (χ1n) is 21.8. The number of halogens is 13. The van der Waals surface area contributed by atoms with Crippen LogP contribution in [0.1, 0.15) is 68.3 Å². The SMILES string of the molecule is CCC(C(=O)OCCC(F)(F)C(F)(F)C(F)(F)C(F)(F)C(F)(F)C(F)(F)F)C(CC(=O)OCCCCOc1ccc(C(=O)Oc2ccc(C#N)cc2)cc1)CC(C)C(=O)OCCOCCOc1ccccc1. The van der Waals surface area contributed by atoms with Crippen LogP contribution in [0.5, 0.6) is 17.2 Å². The highest BCUT2D eigenvalue weighted by atomic mass is 19.4. The van der Waals surface area contributed by atoms with Crippen molar-refractivity contribution in [1.82, 2.24) is 0 Å². The third-order valence-corrected chi connectivity index (χ3v) is 10.5. The van der Waals surface area contributed by atoms with Gasteiger partial charge in [-0.2, -0.15) is 62.3 Å². The van der Waals surface area contributed by atoms with Crippen molar-refractivity contribution in [3.05, 3.63) is 90.0 Å². The van der Waals surface area contributed by atoms with Gasteiger partial charge >= 0.3 is 59.7 Å². The Kier molecular flexibility index (Phi) is 22.0. The third kappa shape index (κ3) is 16.1. The van der Waals surface area contributed by atoms with E-state index < -0.39 is 103 Å². The molecule has 3 rings (SSSR count). The average Bonchev–Trinajstić information content (AvgIpc) is 3.32. The van der Waals surface area contributed by atoms with Crippen molar-refractivity contribution in [3.63, 3.8) is 0 Å². The molecule has 0 aliphatic rings. The zero-order valence-electron chi connectivity index (χ0n) is 38.3. The summed E-state index contributed by atoms with van der Waals surface area (Å²) in [5.74, 6) is -45.1. The molecule has 3 aromatic carbocycles. The van der Waals surface area contributed by atoms with Gasteiger partial charge in [0.15, 0.2) is 0 Å². The maximum absolute atomic E-state index is 14.5. The molecule has 0 aromatic heterocycles. The van der Waals surface area contributed by atoms with Crippen LogP contribution in [0.25, 0.3) is 0 Å². The molecule has 3 aromatic rings. The topological polar surface area (TPSA) is 157 Å². The summed E-state index contributed by atoms with van der Waals surface area (Å²) in [4.78, 5) is 51.6. The summed E-state index contributed by atoms with van der Waals surface area (Å²) in [5, 5.41) is 8.90. The number of nitriles is 1. The van der Waals surface area contributed by atoms with Crippen LogP contribution in [0, 0.1) is 29.1 Å². The number of unbranched alkanes of at least 4 members (excludes halogenated alkanes) is 1. The van der Waals surface area contributed by atoms with E-state index in [1.165, 1.54) is 62.4 Å². The number of esters is 4. The van der Waals surface area contributed by atoms with E-state index in [-0.39, 0.29) is 63.8 Å². The van der Waals surface area contributed by atoms with Crippen LogP contribution in [0.2, 0.25) is 0 Å². The third-order valence-electron chi connectivity index (χ3n) is 10.5. The summed E-state index contributed by atoms with van der Waals surface area (Å²) in [6, 6.07) is 22.4. The zero-order valence-corrected chi connectivity index (χ0v) is 38.3. The Morgan fingerprint density at radius 1 is 0.583 bits per heavy atom. The molecule has 0 N–H and O–H groups in total. The Hall–Kier alpha value is -6.32. The van der Waals surface area contributed by atoms with E-state index in [1.807, 2.05) is 6.07 Å². The number of benzene rings is 3. The van der Waals surface area contributed by atoms with Crippen molar-refractivity contribution in [2.45, 2.75) is 88.2 Å². The molecule has 0 heterocycles. The fraction of sp³-hybridized carbons (Fsp3) is 0.511. The van der Waals surface area contributed by atoms with Crippen molar-refractivity contribution in [1.29, 1.82) is 5.26 Å². The minimum atomic E-state index is -8.10. The van der Waals surface area contributed by atoms with Crippen LogP contribution in [-0.2, 0) is 33.3 Å². The summed E-state index contributed by atoms with van der Waals surface area (Å²) in [5.41, 5.74) is 0.561. The Morgan fingerprint density at radius 2 is 1.12 bits per heavy atom. The van der Waals surface area contributed by atoms with Crippen LogP contribution >= 0.6 is 0 Å². The first-order chi connectivity index (χ1) is 33.6. The van der Waals surface area contributed by atoms with Crippen molar-refractivity contribution in [2.75, 3.05) is 46.2 Å². The lowest BCUT2D eigenvalue weighted by molar-refractivity contribution is -0.440. The minimum absolute atomic E-state index is 0.0932. The van der Waals surface area contributed by atoms with E-state index in [4.69, 9.17) is 33.7 Å². The van der Waals surface area contributed by atoms with Crippen LogP contribution in [0.4, 0.5) is 57.1 Å². The van der Waals surface area contributed by atoms with Gasteiger partial charge in [0.05, 0.1) is 68.5 Å². The molecule has 0 saturated heterocycles. The Bertz CT molecular complexity index is 2240. The summed E-state index contributed by atoms with van der Waals surface area (Å²) in [7, 11) is 0. The molecule has 12 nitrogen and oxygen atoms in total. The first-order valence-corrected chi connectivity index (χ1v) is 21.8. The second-order valence-corrected chi connectivity index (χ2v) is 15.8. The number of carbonyl (C=O) groups is 4. The quantitative estimate of drug-likeness (QED) is 0.0205. The molecular weight excluding hydrogens is 1000 g/mol. The number of rotatable bonds is 30. The highest BCUT2D eigenvalue weighted by Gasteiger charge is 2.90. The lowest BCUT2D eigenvalue weighted by Crippen LogP contribution is -2.70. The van der Waals surface area contributed by atoms with E-state index in [0.717, 1.165) is 0 Å². The van der Waals surface area contributed by atoms with Gasteiger partial charge < -0.3 is 33.2 Å². The molecule has 3 atom stereocenters. The van der Waals surface area contributed by atoms with E-state index in [9.17, 15) is 76.3 Å². The summed E-state index contributed by atoms with van der Waals surface area (Å²) < 4.78 is 214. The largest absolute Gasteiger partial charge is 0.494 e. The molecule has 25 heteroatoms. The van der Waals surface area contributed by atoms with Gasteiger partial charge in [-0.25, -0.2) is 4.79 Å². The van der Waals surface area contributed by atoms with E-state index in [1.54, 1.807) is 30.3 Å². The van der Waals surface area contributed by atoms with Gasteiger partial charge in [0.25, 0.3) is 0 Å². The summed E-state index contributed by atoms with van der Waals surface area (Å²) in [6.45, 7) is 0.341. The number of alkyl halides is 13. The predicted molar refractivity (Wildman–Crippen MR) is 224 cm³/mol. The number of carbonyl (C=O) groups excluding carboxylic acids is 4. The molecule has 72 heavy (non-hydrogen) atoms. The van der Waals surface area contributed by atoms with E-state index >= 15 is 0 Å². The fourth-order valence-corrected chi connectivity index (χ4v) is 6.46. The molecule has 0 saturated carbocycles. The maximum atomic E-state index is 14.5. The van der Waals surface area contributed by atoms with Gasteiger partial charge in [0.2, 0.25) is 0 Å². The number of hydrogen-bond acceptors (Lipinski definition) is 12. The Labute approximate surface area is 403 Å². The van der Waals surface area contributed by atoms with Crippen molar-refractivity contribution in [2.24, 2.45) is 17.8 Å². The monoisotopic (exact) mass is 1050 g/mol. The lowest BCUT2D eigenvalue weighted by Gasteiger charge is -2.39. The predicted octanol–water partition coefficient (Wildman–Crippen LogP) is 10.8. The van der Waals surface area contributed by atoms with Crippen LogP contribution < -0.4 is 14.2 Å². The van der Waals surface area contributed by atoms with Crippen molar-refractivity contribution < 1.29 is 109 Å². The fourth-order valence-electron chi connectivity index (χ4n) is 6.46. The highest BCUT2D eigenvalue weighted by molar-refractivity contribution is 5.91. The molecule has 0 aliphatic carbocycles. The normalized spacial score (nSPS) is 13.8. The number of para-hydroxylation sites is 1. The van der Waals surface area contributed by atoms with Gasteiger partial charge in [-0.1, -0.05) is 32.0 Å².